The van der Waals surface area contributed by atoms with Crippen LogP contribution in [0.4, 0.5) is 28.8 Å². The Morgan fingerprint density at radius 1 is 0.211 bits per heavy atom. The average Bonchev–Trinajstić information content (AvgIpc) is 0.871. The van der Waals surface area contributed by atoms with Crippen molar-refractivity contribution in [1.82, 2.24) is 0 Å². The van der Waals surface area contributed by atoms with Crippen molar-refractivity contribution in [3.05, 3.63) is 143 Å². The number of rotatable bonds is 35. The number of carbonyl (C=O) groups is 12. The van der Waals surface area contributed by atoms with Crippen molar-refractivity contribution in [2.45, 2.75) is 12.8 Å². The van der Waals surface area contributed by atoms with Crippen molar-refractivity contribution in [2.75, 3.05) is 125 Å². The Balaban J connectivity index is 1.44. The molecule has 6 rings (SSSR count). The van der Waals surface area contributed by atoms with E-state index in [0.29, 0.717) is 0 Å². The molecule has 0 amide bonds. The van der Waals surface area contributed by atoms with E-state index in [9.17, 15) is 57.5 Å². The van der Waals surface area contributed by atoms with Crippen LogP contribution in [0.2, 0.25) is 0 Å². The summed E-state index contributed by atoms with van der Waals surface area (Å²) >= 11 is 0. The van der Waals surface area contributed by atoms with E-state index >= 15 is 0 Å². The first kappa shape index (κ1) is 88.3. The van der Waals surface area contributed by atoms with Crippen molar-refractivity contribution in [1.29, 1.82) is 0 Å². The highest BCUT2D eigenvalue weighted by Crippen LogP contribution is 2.37. The van der Waals surface area contributed by atoms with Gasteiger partial charge in [0.2, 0.25) is 0 Å². The molecule has 614 valence electrons. The summed E-state index contributed by atoms with van der Waals surface area (Å²) in [5.41, 5.74) is -1.58. The van der Waals surface area contributed by atoms with Gasteiger partial charge in [0, 0.05) is 23.7 Å². The second kappa shape index (κ2) is 45.4. The maximum absolute atomic E-state index is 13.9. The quantitative estimate of drug-likeness (QED) is 0.0154. The molecule has 6 aromatic carbocycles. The summed E-state index contributed by atoms with van der Waals surface area (Å²) in [5.74, 6) is -13.6. The molecule has 0 heterocycles. The van der Waals surface area contributed by atoms with E-state index in [2.05, 4.69) is 9.78 Å². The Morgan fingerprint density at radius 2 is 0.377 bits per heavy atom. The van der Waals surface area contributed by atoms with Gasteiger partial charge in [0.05, 0.1) is 158 Å². The summed E-state index contributed by atoms with van der Waals surface area (Å²) in [6.07, 6.45) is -12.3. The van der Waals surface area contributed by atoms with Crippen LogP contribution in [0.5, 0.6) is 69.0 Å². The van der Waals surface area contributed by atoms with Crippen LogP contribution in [0.3, 0.4) is 0 Å². The van der Waals surface area contributed by atoms with E-state index in [1.54, 1.807) is 0 Å². The Labute approximate surface area is 645 Å². The molecular formula is C72H74O42. The number of hydrogen-bond donors (Lipinski definition) is 0. The molecule has 0 aromatic heterocycles. The minimum absolute atomic E-state index is 0.0193. The number of benzene rings is 6. The Kier molecular flexibility index (Phi) is 35.1. The number of methoxy groups -OCH3 is 12. The van der Waals surface area contributed by atoms with Crippen LogP contribution in [0, 0.1) is 23.7 Å². The molecule has 0 aliphatic heterocycles. The van der Waals surface area contributed by atoms with Crippen LogP contribution in [-0.2, 0) is 87.1 Å². The van der Waals surface area contributed by atoms with E-state index < -0.39 is 149 Å². The summed E-state index contributed by atoms with van der Waals surface area (Å²) in [7, 11) is 15.4. The van der Waals surface area contributed by atoms with E-state index in [1.165, 1.54) is 170 Å². The van der Waals surface area contributed by atoms with Gasteiger partial charge in [-0.25, -0.2) is 87.4 Å². The van der Waals surface area contributed by atoms with Gasteiger partial charge in [0.25, 0.3) is 0 Å². The zero-order chi connectivity index (χ0) is 83.2. The van der Waals surface area contributed by atoms with E-state index in [-0.39, 0.29) is 102 Å². The maximum atomic E-state index is 13.9. The standard InChI is InChI=1S/C72H74O42/c1-85-49-19-13-39(29-55(49)91-7)61(73)103-109-67(79)97-27-25-45(35-99-69(81)111-105-63(75)41-15-21-51(87-3)57(31-41)93-9)47(37-101-71(83)113-107-65(77)43-17-23-53(89-5)59(33-43)95-11)48(38-102-72(84)114-108-66(78)44-18-24-54(90-6)60(34-44)96-12)46(36-100-70(82)112-106-64(76)42-16-22-52(88-4)58(32-42)94-10)26-28-98-68(80)110-104-62(74)40-14-20-50(86-2)56(30-40)92-8/h13-24,29-34,45-48H,25-28,35-38H2,1-12H3. The summed E-state index contributed by atoms with van der Waals surface area (Å²) in [4.78, 5) is 218. The van der Waals surface area contributed by atoms with E-state index in [4.69, 9.17) is 134 Å². The monoisotopic (exact) mass is 1610 g/mol. The van der Waals surface area contributed by atoms with Crippen LogP contribution >= 0.6 is 0 Å². The molecule has 4 atom stereocenters. The SMILES string of the molecule is COc1ccc(C(=O)OOC(=O)OCCC(COC(=O)OOC(=O)c2ccc(OC)c(OC)c2)C(COC(=O)OOC(=O)c2ccc(OC)c(OC)c2)C(COC(=O)OOC(=O)c2ccc(OC)c(OC)c2)C(CCOC(=O)OOC(=O)c2ccc(OC)c(OC)c2)COC(=O)OOC(=O)c2ccc(OC)c(OC)c2)cc1OC. The molecule has 42 heteroatoms. The van der Waals surface area contributed by atoms with Gasteiger partial charge in [-0.2, -0.15) is 28.8 Å². The third kappa shape index (κ3) is 26.3. The Bertz CT molecular complexity index is 4050. The van der Waals surface area contributed by atoms with Crippen molar-refractivity contribution in [3.8, 4) is 69.0 Å². The molecule has 6 aromatic rings. The van der Waals surface area contributed by atoms with Gasteiger partial charge >= 0.3 is 72.7 Å². The van der Waals surface area contributed by atoms with Crippen LogP contribution in [0.25, 0.3) is 0 Å². The summed E-state index contributed by atoms with van der Waals surface area (Å²) < 4.78 is 95.1. The summed E-state index contributed by atoms with van der Waals surface area (Å²) in [6.45, 7) is -6.51. The topological polar surface area (TPSA) is 482 Å². The fourth-order valence-electron chi connectivity index (χ4n) is 9.97. The van der Waals surface area contributed by atoms with Crippen LogP contribution in [0.15, 0.2) is 109 Å². The largest absolute Gasteiger partial charge is 0.549 e. The van der Waals surface area contributed by atoms with Crippen LogP contribution in [0.1, 0.15) is 75.0 Å². The van der Waals surface area contributed by atoms with E-state index in [0.717, 1.165) is 24.3 Å². The third-order valence-electron chi connectivity index (χ3n) is 15.6. The molecule has 42 nitrogen and oxygen atoms in total. The molecule has 0 fully saturated rings. The number of hydrogen-bond acceptors (Lipinski definition) is 42. The van der Waals surface area contributed by atoms with E-state index in [1.807, 2.05) is 0 Å². The fraction of sp³-hybridized carbons (Fsp3) is 0.333. The third-order valence-corrected chi connectivity index (χ3v) is 15.6. The molecular weight excluding hydrogens is 1540 g/mol. The molecule has 0 radical (unpaired) electrons. The molecule has 4 unspecified atom stereocenters. The first-order valence-electron chi connectivity index (χ1n) is 32.6. The minimum atomic E-state index is -1.87. The highest BCUT2D eigenvalue weighted by molar-refractivity contribution is 5.93. The molecule has 0 bridgehead atoms. The second-order valence-corrected chi connectivity index (χ2v) is 22.0. The molecule has 0 saturated carbocycles. The molecule has 0 saturated heterocycles. The van der Waals surface area contributed by atoms with Gasteiger partial charge in [0.1, 0.15) is 0 Å². The normalized spacial score (nSPS) is 11.4. The minimum Gasteiger partial charge on any atom is -0.493 e. The lowest BCUT2D eigenvalue weighted by molar-refractivity contribution is -0.212. The average molecular weight is 1610 g/mol. The lowest BCUT2D eigenvalue weighted by Crippen LogP contribution is -2.41. The van der Waals surface area contributed by atoms with Gasteiger partial charge in [-0.3, -0.25) is 0 Å². The summed E-state index contributed by atoms with van der Waals surface area (Å²) in [5, 5.41) is 0. The van der Waals surface area contributed by atoms with Gasteiger partial charge in [-0.05, 0) is 122 Å². The first-order valence-corrected chi connectivity index (χ1v) is 32.6. The second-order valence-electron chi connectivity index (χ2n) is 22.0. The van der Waals surface area contributed by atoms with Gasteiger partial charge in [-0.1, -0.05) is 0 Å². The fourth-order valence-corrected chi connectivity index (χ4v) is 9.97. The lowest BCUT2D eigenvalue weighted by atomic mass is 9.74. The van der Waals surface area contributed by atoms with Gasteiger partial charge < -0.3 is 85.3 Å². The molecule has 0 N–H and O–H groups in total. The highest BCUT2D eigenvalue weighted by atomic mass is 17.3. The van der Waals surface area contributed by atoms with Crippen LogP contribution in [-0.4, -0.2) is 198 Å². The smallest absolute Gasteiger partial charge is 0.493 e. The molecule has 0 aliphatic rings. The van der Waals surface area contributed by atoms with Crippen molar-refractivity contribution >= 4 is 72.7 Å². The summed E-state index contributed by atoms with van der Waals surface area (Å²) in [6, 6.07) is 22.0. The van der Waals surface area contributed by atoms with Crippen molar-refractivity contribution in [2.24, 2.45) is 23.7 Å². The Morgan fingerprint density at radius 3 is 0.553 bits per heavy atom. The van der Waals surface area contributed by atoms with Gasteiger partial charge in [0.15, 0.2) is 69.0 Å². The van der Waals surface area contributed by atoms with Crippen molar-refractivity contribution < 1.29 is 201 Å². The number of ether oxygens (including phenoxy) is 18. The lowest BCUT2D eigenvalue weighted by Gasteiger charge is -2.36. The van der Waals surface area contributed by atoms with Crippen molar-refractivity contribution in [3.63, 3.8) is 0 Å². The maximum Gasteiger partial charge on any atom is 0.549 e. The molecule has 0 aliphatic carbocycles. The van der Waals surface area contributed by atoms with Crippen LogP contribution < -0.4 is 56.8 Å². The highest BCUT2D eigenvalue weighted by Gasteiger charge is 2.40. The predicted octanol–water partition coefficient (Wildman–Crippen LogP) is 9.89. The van der Waals surface area contributed by atoms with Gasteiger partial charge in [-0.15, -0.1) is 0 Å². The Hall–Kier alpha value is -14.6. The molecule has 0 spiro atoms. The predicted molar refractivity (Wildman–Crippen MR) is 368 cm³/mol. The zero-order valence-electron chi connectivity index (χ0n) is 62.5. The molecule has 114 heavy (non-hydrogen) atoms. The zero-order valence-corrected chi connectivity index (χ0v) is 62.5. The first-order chi connectivity index (χ1) is 54.9. The number of carbonyl (C=O) groups excluding carboxylic acids is 12.